The first-order valence-corrected chi connectivity index (χ1v) is 7.33. The molecule has 0 radical (unpaired) electrons. The smallest absolute Gasteiger partial charge is 0.0344 e. The lowest BCUT2D eigenvalue weighted by Gasteiger charge is -2.38. The summed E-state index contributed by atoms with van der Waals surface area (Å²) in [4.78, 5) is 4.11. The van der Waals surface area contributed by atoms with Crippen LogP contribution in [0.2, 0.25) is 0 Å². The van der Waals surface area contributed by atoms with Gasteiger partial charge in [-0.1, -0.05) is 6.42 Å². The van der Waals surface area contributed by atoms with E-state index in [1.807, 2.05) is 11.3 Å². The van der Waals surface area contributed by atoms with Crippen molar-refractivity contribution in [3.63, 3.8) is 0 Å². The third kappa shape index (κ3) is 2.63. The second-order valence-electron chi connectivity index (χ2n) is 4.49. The van der Waals surface area contributed by atoms with Gasteiger partial charge in [-0.15, -0.1) is 11.3 Å². The Labute approximate surface area is 105 Å². The maximum absolute atomic E-state index is 3.62. The van der Waals surface area contributed by atoms with Crippen LogP contribution in [0.25, 0.3) is 0 Å². The minimum absolute atomic E-state index is 0.739. The lowest BCUT2D eigenvalue weighted by atomic mass is 9.97. The maximum atomic E-state index is 3.62. The van der Waals surface area contributed by atoms with Crippen molar-refractivity contribution < 1.29 is 0 Å². The normalized spacial score (nSPS) is 28.2. The van der Waals surface area contributed by atoms with Crippen LogP contribution in [-0.2, 0) is 6.54 Å². The highest BCUT2D eigenvalue weighted by Crippen LogP contribution is 2.29. The quantitative estimate of drug-likeness (QED) is 0.785. The van der Waals surface area contributed by atoms with E-state index < -0.39 is 0 Å². The molecule has 2 rings (SSSR count). The van der Waals surface area contributed by atoms with Gasteiger partial charge in [0, 0.05) is 28.0 Å². The Hall–Kier alpha value is 0.140. The van der Waals surface area contributed by atoms with Crippen LogP contribution in [0.1, 0.15) is 38.0 Å². The van der Waals surface area contributed by atoms with E-state index in [9.17, 15) is 0 Å². The van der Waals surface area contributed by atoms with Crippen LogP contribution in [0.3, 0.4) is 0 Å². The molecule has 0 aliphatic carbocycles. The zero-order chi connectivity index (χ0) is 10.8. The summed E-state index contributed by atoms with van der Waals surface area (Å²) in [7, 11) is 0. The molecule has 3 heteroatoms. The molecule has 1 saturated heterocycles. The molecule has 2 unspecified atom stereocenters. The summed E-state index contributed by atoms with van der Waals surface area (Å²) in [5, 5.41) is 2.17. The largest absolute Gasteiger partial charge is 0.293 e. The van der Waals surface area contributed by atoms with Crippen molar-refractivity contribution in [2.75, 3.05) is 0 Å². The molecule has 1 nitrogen and oxygen atoms in total. The molecule has 0 spiro atoms. The van der Waals surface area contributed by atoms with Gasteiger partial charge in [0.05, 0.1) is 0 Å². The Balaban J connectivity index is 2.06. The summed E-state index contributed by atoms with van der Waals surface area (Å²) >= 11 is 5.48. The van der Waals surface area contributed by atoms with Crippen molar-refractivity contribution in [3.05, 3.63) is 20.8 Å². The number of piperidine rings is 1. The first-order valence-electron chi connectivity index (χ1n) is 5.66. The van der Waals surface area contributed by atoms with Crippen molar-refractivity contribution in [3.8, 4) is 0 Å². The van der Waals surface area contributed by atoms with Crippen molar-refractivity contribution >= 4 is 27.3 Å². The summed E-state index contributed by atoms with van der Waals surface area (Å²) in [5.41, 5.74) is 0. The molecule has 0 N–H and O–H groups in total. The summed E-state index contributed by atoms with van der Waals surface area (Å²) < 4.78 is 1.28. The molecule has 0 amide bonds. The maximum Gasteiger partial charge on any atom is 0.0344 e. The minimum atomic E-state index is 0.739. The molecular formula is C12H18BrNS. The van der Waals surface area contributed by atoms with Gasteiger partial charge in [0.25, 0.3) is 0 Å². The first-order chi connectivity index (χ1) is 7.18. The van der Waals surface area contributed by atoms with Crippen LogP contribution in [0, 0.1) is 0 Å². The SMILES string of the molecule is CC1CCCC(C)N1Cc1sccc1Br. The van der Waals surface area contributed by atoms with Gasteiger partial charge in [0.1, 0.15) is 0 Å². The molecule has 1 aliphatic rings. The van der Waals surface area contributed by atoms with E-state index >= 15 is 0 Å². The molecule has 0 aromatic carbocycles. The van der Waals surface area contributed by atoms with E-state index in [1.54, 1.807) is 0 Å². The molecule has 0 bridgehead atoms. The second kappa shape index (κ2) is 4.98. The molecule has 15 heavy (non-hydrogen) atoms. The highest BCUT2D eigenvalue weighted by atomic mass is 79.9. The van der Waals surface area contributed by atoms with Gasteiger partial charge >= 0.3 is 0 Å². The Bertz CT molecular complexity index is 313. The van der Waals surface area contributed by atoms with E-state index in [4.69, 9.17) is 0 Å². The highest BCUT2D eigenvalue weighted by molar-refractivity contribution is 9.10. The number of halogens is 1. The predicted octanol–water partition coefficient (Wildman–Crippen LogP) is 4.27. The van der Waals surface area contributed by atoms with Crippen molar-refractivity contribution in [1.29, 1.82) is 0 Å². The highest BCUT2D eigenvalue weighted by Gasteiger charge is 2.25. The molecule has 84 valence electrons. The van der Waals surface area contributed by atoms with Gasteiger partial charge in [-0.25, -0.2) is 0 Å². The summed E-state index contributed by atoms with van der Waals surface area (Å²) in [6.45, 7) is 5.83. The molecular weight excluding hydrogens is 270 g/mol. The predicted molar refractivity (Wildman–Crippen MR) is 70.3 cm³/mol. The molecule has 1 aromatic rings. The molecule has 1 aliphatic heterocycles. The third-order valence-electron chi connectivity index (χ3n) is 3.39. The Morgan fingerprint density at radius 2 is 2.07 bits per heavy atom. The Morgan fingerprint density at radius 3 is 2.60 bits per heavy atom. The van der Waals surface area contributed by atoms with Gasteiger partial charge in [0.2, 0.25) is 0 Å². The van der Waals surface area contributed by atoms with E-state index in [0.717, 1.165) is 18.6 Å². The first kappa shape index (κ1) is 11.6. The van der Waals surface area contributed by atoms with Gasteiger partial charge < -0.3 is 0 Å². The van der Waals surface area contributed by atoms with Gasteiger partial charge in [0.15, 0.2) is 0 Å². The fraction of sp³-hybridized carbons (Fsp3) is 0.667. The van der Waals surface area contributed by atoms with E-state index in [-0.39, 0.29) is 0 Å². The zero-order valence-electron chi connectivity index (χ0n) is 9.37. The second-order valence-corrected chi connectivity index (χ2v) is 6.35. The standard InChI is InChI=1S/C12H18BrNS/c1-9-4-3-5-10(2)14(9)8-12-11(13)6-7-15-12/h6-7,9-10H,3-5,8H2,1-2H3. The molecule has 2 atom stereocenters. The third-order valence-corrected chi connectivity index (χ3v) is 5.30. The zero-order valence-corrected chi connectivity index (χ0v) is 11.8. The number of likely N-dealkylation sites (tertiary alicyclic amines) is 1. The topological polar surface area (TPSA) is 3.24 Å². The molecule has 0 saturated carbocycles. The van der Waals surface area contributed by atoms with Gasteiger partial charge in [-0.05, 0) is 54.1 Å². The number of nitrogens with zero attached hydrogens (tertiary/aromatic N) is 1. The van der Waals surface area contributed by atoms with Crippen molar-refractivity contribution in [2.45, 2.75) is 51.7 Å². The summed E-state index contributed by atoms with van der Waals surface area (Å²) in [6, 6.07) is 3.63. The van der Waals surface area contributed by atoms with E-state index in [1.165, 1.54) is 28.6 Å². The fourth-order valence-electron chi connectivity index (χ4n) is 2.39. The molecule has 1 aromatic heterocycles. The fourth-order valence-corrected chi connectivity index (χ4v) is 3.88. The minimum Gasteiger partial charge on any atom is -0.293 e. The number of rotatable bonds is 2. The van der Waals surface area contributed by atoms with Crippen LogP contribution in [0.5, 0.6) is 0 Å². The Kier molecular flexibility index (Phi) is 3.86. The summed E-state index contributed by atoms with van der Waals surface area (Å²) in [5.74, 6) is 0. The number of thiophene rings is 1. The van der Waals surface area contributed by atoms with Crippen LogP contribution < -0.4 is 0 Å². The average Bonchev–Trinajstić information content (AvgIpc) is 2.58. The van der Waals surface area contributed by atoms with Crippen LogP contribution in [-0.4, -0.2) is 17.0 Å². The lowest BCUT2D eigenvalue weighted by Crippen LogP contribution is -2.42. The van der Waals surface area contributed by atoms with Crippen LogP contribution in [0.15, 0.2) is 15.9 Å². The number of hydrogen-bond acceptors (Lipinski definition) is 2. The molecule has 2 heterocycles. The lowest BCUT2D eigenvalue weighted by molar-refractivity contribution is 0.0962. The van der Waals surface area contributed by atoms with Crippen LogP contribution >= 0.6 is 27.3 Å². The van der Waals surface area contributed by atoms with Crippen LogP contribution in [0.4, 0.5) is 0 Å². The van der Waals surface area contributed by atoms with E-state index in [2.05, 4.69) is 46.1 Å². The van der Waals surface area contributed by atoms with Crippen molar-refractivity contribution in [1.82, 2.24) is 4.90 Å². The monoisotopic (exact) mass is 287 g/mol. The van der Waals surface area contributed by atoms with Gasteiger partial charge in [-0.3, -0.25) is 4.90 Å². The molecule has 1 fully saturated rings. The summed E-state index contributed by atoms with van der Waals surface area (Å²) in [6.07, 6.45) is 4.10. The number of hydrogen-bond donors (Lipinski definition) is 0. The average molecular weight is 288 g/mol. The van der Waals surface area contributed by atoms with Gasteiger partial charge in [-0.2, -0.15) is 0 Å². The van der Waals surface area contributed by atoms with E-state index in [0.29, 0.717) is 0 Å². The Morgan fingerprint density at radius 1 is 1.40 bits per heavy atom. The van der Waals surface area contributed by atoms with Crippen molar-refractivity contribution in [2.24, 2.45) is 0 Å².